The summed E-state index contributed by atoms with van der Waals surface area (Å²) in [5, 5.41) is 13.1. The zero-order chi connectivity index (χ0) is 10.7. The molecule has 0 aromatic heterocycles. The van der Waals surface area contributed by atoms with Gasteiger partial charge >= 0.3 is 5.97 Å². The lowest BCUT2D eigenvalue weighted by atomic mass is 10.6. The summed E-state index contributed by atoms with van der Waals surface area (Å²) in [6.45, 7) is 0. The second-order valence-corrected chi connectivity index (χ2v) is 3.11. The smallest absolute Gasteiger partial charge is 0.377 e. The van der Waals surface area contributed by atoms with Gasteiger partial charge in [-0.1, -0.05) is 10.7 Å². The first-order chi connectivity index (χ1) is 6.57. The minimum Gasteiger partial charge on any atom is -0.475 e. The number of carbonyl (C=O) groups is 1. The van der Waals surface area contributed by atoms with E-state index in [2.05, 4.69) is 20.4 Å². The van der Waals surface area contributed by atoms with Crippen LogP contribution < -0.4 is 11.3 Å². The highest BCUT2D eigenvalue weighted by molar-refractivity contribution is 14.1. The van der Waals surface area contributed by atoms with Crippen molar-refractivity contribution in [1.29, 1.82) is 0 Å². The van der Waals surface area contributed by atoms with E-state index in [-0.39, 0.29) is 11.7 Å². The summed E-state index contributed by atoms with van der Waals surface area (Å²) in [5.41, 5.74) is 7.62. The first kappa shape index (κ1) is 10.8. The summed E-state index contributed by atoms with van der Waals surface area (Å²) in [6, 6.07) is 0. The number of nitrogens with two attached hydrogens (primary N) is 1. The van der Waals surface area contributed by atoms with Crippen molar-refractivity contribution in [3.05, 3.63) is 9.59 Å². The molecule has 1 aliphatic rings. The summed E-state index contributed by atoms with van der Waals surface area (Å²) in [4.78, 5) is 19.8. The van der Waals surface area contributed by atoms with Gasteiger partial charge in [-0.05, 0) is 22.6 Å². The molecule has 0 fully saturated rings. The van der Waals surface area contributed by atoms with Gasteiger partial charge in [0.1, 0.15) is 7.11 Å². The lowest BCUT2D eigenvalue weighted by molar-refractivity contribution is -0.130. The van der Waals surface area contributed by atoms with Crippen LogP contribution in [-0.4, -0.2) is 29.0 Å². The monoisotopic (exact) mass is 314 g/mol. The molecule has 4 N–H and O–H groups in total. The van der Waals surface area contributed by atoms with Crippen LogP contribution in [0.4, 0.5) is 0 Å². The van der Waals surface area contributed by atoms with Gasteiger partial charge in [-0.3, -0.25) is 0 Å². The molecule has 0 aromatic carbocycles. The van der Waals surface area contributed by atoms with E-state index in [0.29, 0.717) is 3.70 Å². The van der Waals surface area contributed by atoms with Gasteiger partial charge in [0.15, 0.2) is 3.70 Å². The van der Waals surface area contributed by atoms with E-state index in [1.54, 1.807) is 22.6 Å². The Kier molecular flexibility index (Phi) is 3.35. The molecule has 1 heterocycles. The topological polar surface area (TPSA) is 109 Å². The maximum absolute atomic E-state index is 10.7. The van der Waals surface area contributed by atoms with Crippen LogP contribution in [0.1, 0.15) is 0 Å². The van der Waals surface area contributed by atoms with Crippen molar-refractivity contribution in [2.24, 2.45) is 10.9 Å². The Balaban J connectivity index is 2.92. The Morgan fingerprint density at radius 2 is 2.50 bits per heavy atom. The third kappa shape index (κ3) is 1.98. The van der Waals surface area contributed by atoms with Crippen molar-refractivity contribution in [2.75, 3.05) is 7.11 Å². The molecule has 0 aliphatic carbocycles. The molecule has 14 heavy (non-hydrogen) atoms. The van der Waals surface area contributed by atoms with E-state index in [0.717, 1.165) is 5.01 Å². The fourth-order valence-electron chi connectivity index (χ4n) is 0.685. The quantitative estimate of drug-likeness (QED) is 0.193. The maximum atomic E-state index is 10.7. The van der Waals surface area contributed by atoms with Crippen LogP contribution >= 0.6 is 22.6 Å². The standard InChI is InChI=1S/C5H7IN4O4/c1-13-8-4(5(11)12)10-2(6)3(7)14-9-10/h9H,7H2,1H3,(H,11,12). The summed E-state index contributed by atoms with van der Waals surface area (Å²) in [6.07, 6.45) is 0. The van der Waals surface area contributed by atoms with Crippen molar-refractivity contribution >= 4 is 34.4 Å². The SMILES string of the molecule is CON=C(C(=O)O)N1NOC(N)=C1I. The zero-order valence-corrected chi connectivity index (χ0v) is 9.18. The van der Waals surface area contributed by atoms with Crippen LogP contribution in [0.5, 0.6) is 0 Å². The third-order valence-electron chi connectivity index (χ3n) is 1.23. The average Bonchev–Trinajstić information content (AvgIpc) is 2.44. The van der Waals surface area contributed by atoms with E-state index in [1.807, 2.05) is 0 Å². The summed E-state index contributed by atoms with van der Waals surface area (Å²) in [7, 11) is 1.24. The van der Waals surface area contributed by atoms with Gasteiger partial charge in [-0.2, -0.15) is 0 Å². The van der Waals surface area contributed by atoms with Crippen molar-refractivity contribution in [3.63, 3.8) is 0 Å². The fourth-order valence-corrected chi connectivity index (χ4v) is 1.12. The van der Waals surface area contributed by atoms with E-state index in [9.17, 15) is 4.79 Å². The molecular weight excluding hydrogens is 307 g/mol. The molecular formula is C5H7IN4O4. The third-order valence-corrected chi connectivity index (χ3v) is 2.24. The van der Waals surface area contributed by atoms with E-state index < -0.39 is 5.97 Å². The molecule has 1 aliphatic heterocycles. The fraction of sp³-hybridized carbons (Fsp3) is 0.200. The molecule has 1 rings (SSSR count). The van der Waals surface area contributed by atoms with Crippen molar-refractivity contribution < 1.29 is 19.6 Å². The highest BCUT2D eigenvalue weighted by Gasteiger charge is 2.29. The molecule has 0 atom stereocenters. The summed E-state index contributed by atoms with van der Waals surface area (Å²) in [5.74, 6) is -1.58. The summed E-state index contributed by atoms with van der Waals surface area (Å²) < 4.78 is 0.362. The van der Waals surface area contributed by atoms with Crippen LogP contribution in [0.25, 0.3) is 0 Å². The van der Waals surface area contributed by atoms with Crippen LogP contribution in [0.15, 0.2) is 14.7 Å². The first-order valence-corrected chi connectivity index (χ1v) is 4.38. The zero-order valence-electron chi connectivity index (χ0n) is 7.02. The molecule has 0 bridgehead atoms. The number of carboxylic acids is 1. The second-order valence-electron chi connectivity index (χ2n) is 2.09. The van der Waals surface area contributed by atoms with Gasteiger partial charge in [0.05, 0.1) is 0 Å². The van der Waals surface area contributed by atoms with Gasteiger partial charge in [-0.15, -0.1) is 0 Å². The molecule has 8 nitrogen and oxygen atoms in total. The lowest BCUT2D eigenvalue weighted by Gasteiger charge is -2.13. The predicted octanol–water partition coefficient (Wildman–Crippen LogP) is -0.697. The number of oxime groups is 1. The highest BCUT2D eigenvalue weighted by atomic mass is 127. The molecule has 0 saturated heterocycles. The van der Waals surface area contributed by atoms with E-state index >= 15 is 0 Å². The molecule has 0 amide bonds. The first-order valence-electron chi connectivity index (χ1n) is 3.30. The van der Waals surface area contributed by atoms with Gasteiger partial charge in [-0.25, -0.2) is 9.80 Å². The Labute approximate surface area is 92.4 Å². The lowest BCUT2D eigenvalue weighted by Crippen LogP contribution is -2.40. The number of nitrogens with zero attached hydrogens (tertiary/aromatic N) is 2. The Bertz CT molecular complexity index is 315. The van der Waals surface area contributed by atoms with Gasteiger partial charge in [0.2, 0.25) is 5.88 Å². The molecule has 0 unspecified atom stereocenters. The maximum Gasteiger partial charge on any atom is 0.377 e. The Hall–Kier alpha value is -1.23. The number of amidine groups is 1. The van der Waals surface area contributed by atoms with Crippen LogP contribution in [0, 0.1) is 0 Å². The number of hydrazine groups is 1. The van der Waals surface area contributed by atoms with E-state index in [4.69, 9.17) is 10.8 Å². The number of halogens is 1. The van der Waals surface area contributed by atoms with Gasteiger partial charge in [0.25, 0.3) is 5.84 Å². The summed E-state index contributed by atoms with van der Waals surface area (Å²) >= 11 is 1.80. The average molecular weight is 314 g/mol. The van der Waals surface area contributed by atoms with Gasteiger partial charge < -0.3 is 20.5 Å². The normalized spacial score (nSPS) is 17.0. The number of hydrogen-bond donors (Lipinski definition) is 3. The Morgan fingerprint density at radius 3 is 2.86 bits per heavy atom. The van der Waals surface area contributed by atoms with Crippen LogP contribution in [-0.2, 0) is 14.5 Å². The number of rotatable bonds is 1. The Morgan fingerprint density at radius 1 is 1.86 bits per heavy atom. The van der Waals surface area contributed by atoms with Crippen LogP contribution in [0.3, 0.4) is 0 Å². The van der Waals surface area contributed by atoms with Crippen molar-refractivity contribution in [2.45, 2.75) is 0 Å². The van der Waals surface area contributed by atoms with Gasteiger partial charge in [0, 0.05) is 0 Å². The number of nitrogens with one attached hydrogen (secondary N) is 1. The largest absolute Gasteiger partial charge is 0.475 e. The number of hydrogen-bond acceptors (Lipinski definition) is 6. The van der Waals surface area contributed by atoms with E-state index in [1.165, 1.54) is 7.11 Å². The predicted molar refractivity (Wildman–Crippen MR) is 53.4 cm³/mol. The molecule has 0 saturated carbocycles. The second kappa shape index (κ2) is 4.32. The number of aliphatic carboxylic acids is 1. The molecule has 0 spiro atoms. The van der Waals surface area contributed by atoms with Crippen LogP contribution in [0.2, 0.25) is 0 Å². The molecule has 0 radical (unpaired) electrons. The molecule has 78 valence electrons. The van der Waals surface area contributed by atoms with Crippen molar-refractivity contribution in [3.8, 4) is 0 Å². The number of carboxylic acid groups (broad SMARTS) is 1. The molecule has 9 heteroatoms. The minimum atomic E-state index is -1.27. The highest BCUT2D eigenvalue weighted by Crippen LogP contribution is 2.19. The van der Waals surface area contributed by atoms with Crippen molar-refractivity contribution in [1.82, 2.24) is 10.6 Å². The minimum absolute atomic E-state index is 0.0654. The molecule has 0 aromatic rings.